The molecule has 1 heterocycles. The molecular formula is C20H17N3O4. The molecule has 27 heavy (non-hydrogen) atoms. The number of hydrogen-bond acceptors (Lipinski definition) is 6. The van der Waals surface area contributed by atoms with Crippen LogP contribution in [-0.2, 0) is 4.79 Å². The van der Waals surface area contributed by atoms with Crippen LogP contribution in [0.5, 0.6) is 17.2 Å². The summed E-state index contributed by atoms with van der Waals surface area (Å²) in [7, 11) is 0. The first-order valence-electron chi connectivity index (χ1n) is 8.41. The third-order valence-electron chi connectivity index (χ3n) is 3.93. The van der Waals surface area contributed by atoms with E-state index in [0.717, 1.165) is 0 Å². The number of carbonyl (C=O) groups is 1. The van der Waals surface area contributed by atoms with Gasteiger partial charge >= 0.3 is 0 Å². The summed E-state index contributed by atoms with van der Waals surface area (Å²) in [6.45, 7) is 0.990. The zero-order valence-electron chi connectivity index (χ0n) is 14.6. The van der Waals surface area contributed by atoms with Crippen molar-refractivity contribution in [1.29, 1.82) is 10.5 Å². The van der Waals surface area contributed by atoms with Crippen LogP contribution in [0.25, 0.3) is 0 Å². The molecule has 1 amide bonds. The summed E-state index contributed by atoms with van der Waals surface area (Å²) < 4.78 is 16.6. The minimum atomic E-state index is -0.286. The Morgan fingerprint density at radius 3 is 2.52 bits per heavy atom. The van der Waals surface area contributed by atoms with E-state index in [1.807, 2.05) is 6.07 Å². The zero-order valence-corrected chi connectivity index (χ0v) is 14.6. The third kappa shape index (κ3) is 4.47. The van der Waals surface area contributed by atoms with Gasteiger partial charge in [-0.25, -0.2) is 0 Å². The number of rotatable bonds is 6. The third-order valence-corrected chi connectivity index (χ3v) is 3.93. The quantitative estimate of drug-likeness (QED) is 0.783. The predicted molar refractivity (Wildman–Crippen MR) is 96.7 cm³/mol. The molecule has 1 aliphatic rings. The van der Waals surface area contributed by atoms with E-state index in [4.69, 9.17) is 24.7 Å². The highest BCUT2D eigenvalue weighted by Gasteiger charge is 2.20. The maximum absolute atomic E-state index is 12.7. The van der Waals surface area contributed by atoms with E-state index < -0.39 is 0 Å². The van der Waals surface area contributed by atoms with Crippen molar-refractivity contribution in [2.75, 3.05) is 31.3 Å². The lowest BCUT2D eigenvalue weighted by Gasteiger charge is -2.25. The van der Waals surface area contributed by atoms with Crippen LogP contribution >= 0.6 is 0 Å². The molecule has 1 aliphatic heterocycles. The molecule has 0 N–H and O–H groups in total. The molecule has 0 bridgehead atoms. The second kappa shape index (κ2) is 8.59. The van der Waals surface area contributed by atoms with Gasteiger partial charge < -0.3 is 19.1 Å². The molecule has 0 aliphatic carbocycles. The van der Waals surface area contributed by atoms with Gasteiger partial charge in [0.2, 0.25) is 0 Å². The number of carbonyl (C=O) groups excluding carboxylic acids is 1. The molecule has 0 unspecified atom stereocenters. The average Bonchev–Trinajstić information content (AvgIpc) is 2.72. The number of nitriles is 2. The molecule has 0 atom stereocenters. The summed E-state index contributed by atoms with van der Waals surface area (Å²) in [4.78, 5) is 14.2. The smallest absolute Gasteiger partial charge is 0.264 e. The van der Waals surface area contributed by atoms with E-state index in [2.05, 4.69) is 6.07 Å². The Balaban J connectivity index is 1.72. The summed E-state index contributed by atoms with van der Waals surface area (Å²) in [6.07, 6.45) is 0.192. The van der Waals surface area contributed by atoms with E-state index in [1.54, 1.807) is 42.5 Å². The van der Waals surface area contributed by atoms with Crippen molar-refractivity contribution in [3.8, 4) is 29.4 Å². The number of nitrogens with zero attached hydrogens (tertiary/aromatic N) is 3. The number of hydrogen-bond donors (Lipinski definition) is 0. The summed E-state index contributed by atoms with van der Waals surface area (Å²) in [5, 5.41) is 17.7. The van der Waals surface area contributed by atoms with Gasteiger partial charge in [0.05, 0.1) is 24.1 Å². The predicted octanol–water partition coefficient (Wildman–Crippen LogP) is 2.66. The van der Waals surface area contributed by atoms with E-state index in [9.17, 15) is 4.79 Å². The van der Waals surface area contributed by atoms with Crippen LogP contribution in [0.1, 0.15) is 12.0 Å². The molecule has 3 rings (SSSR count). The molecule has 0 saturated heterocycles. The highest BCUT2D eigenvalue weighted by atomic mass is 16.6. The molecule has 0 spiro atoms. The molecular weight excluding hydrogens is 346 g/mol. The monoisotopic (exact) mass is 363 g/mol. The van der Waals surface area contributed by atoms with Gasteiger partial charge in [-0.1, -0.05) is 0 Å². The van der Waals surface area contributed by atoms with Crippen molar-refractivity contribution in [3.05, 3.63) is 48.0 Å². The Bertz CT molecular complexity index is 897. The topological polar surface area (TPSA) is 95.6 Å². The number of ether oxygens (including phenoxy) is 3. The molecule has 2 aromatic carbocycles. The summed E-state index contributed by atoms with van der Waals surface area (Å²) in [6, 6.07) is 15.8. The average molecular weight is 363 g/mol. The first-order chi connectivity index (χ1) is 13.2. The molecule has 7 nitrogen and oxygen atoms in total. The summed E-state index contributed by atoms with van der Waals surface area (Å²) >= 11 is 0. The molecule has 136 valence electrons. The second-order valence-electron chi connectivity index (χ2n) is 5.71. The van der Waals surface area contributed by atoms with Gasteiger partial charge in [0.1, 0.15) is 19.0 Å². The van der Waals surface area contributed by atoms with Crippen LogP contribution in [0.15, 0.2) is 42.5 Å². The van der Waals surface area contributed by atoms with Crippen LogP contribution < -0.4 is 19.1 Å². The highest BCUT2D eigenvalue weighted by Crippen LogP contribution is 2.34. The molecule has 2 aromatic rings. The molecule has 0 fully saturated rings. The number of amides is 1. The van der Waals surface area contributed by atoms with Crippen LogP contribution in [0.2, 0.25) is 0 Å². The van der Waals surface area contributed by atoms with Gasteiger partial charge in [-0.2, -0.15) is 10.5 Å². The number of fused-ring (bicyclic) bond motifs is 1. The van der Waals surface area contributed by atoms with Gasteiger partial charge in [-0.15, -0.1) is 0 Å². The van der Waals surface area contributed by atoms with Crippen molar-refractivity contribution in [2.45, 2.75) is 6.42 Å². The summed E-state index contributed by atoms with van der Waals surface area (Å²) in [5.41, 5.74) is 1.13. The summed E-state index contributed by atoms with van der Waals surface area (Å²) in [5.74, 6) is 1.41. The van der Waals surface area contributed by atoms with Gasteiger partial charge in [0.15, 0.2) is 18.1 Å². The maximum atomic E-state index is 12.7. The number of benzene rings is 2. The van der Waals surface area contributed by atoms with Gasteiger partial charge in [0.25, 0.3) is 5.91 Å². The zero-order chi connectivity index (χ0) is 19.1. The highest BCUT2D eigenvalue weighted by molar-refractivity contribution is 5.94. The minimum Gasteiger partial charge on any atom is -0.486 e. The van der Waals surface area contributed by atoms with Crippen molar-refractivity contribution in [1.82, 2.24) is 0 Å². The first-order valence-corrected chi connectivity index (χ1v) is 8.41. The van der Waals surface area contributed by atoms with E-state index >= 15 is 0 Å². The first kappa shape index (κ1) is 18.1. The van der Waals surface area contributed by atoms with Crippen LogP contribution in [0.3, 0.4) is 0 Å². The fourth-order valence-electron chi connectivity index (χ4n) is 2.61. The van der Waals surface area contributed by atoms with Crippen molar-refractivity contribution in [3.63, 3.8) is 0 Å². The van der Waals surface area contributed by atoms with Crippen molar-refractivity contribution >= 4 is 11.6 Å². The van der Waals surface area contributed by atoms with E-state index in [0.29, 0.717) is 41.7 Å². The van der Waals surface area contributed by atoms with Crippen molar-refractivity contribution < 1.29 is 19.0 Å². The lowest BCUT2D eigenvalue weighted by molar-refractivity contribution is -0.120. The lowest BCUT2D eigenvalue weighted by atomic mass is 10.2. The van der Waals surface area contributed by atoms with E-state index in [-0.39, 0.29) is 25.5 Å². The standard InChI is InChI=1S/C20H17N3O4/c21-8-1-9-23(16-4-7-18-19(12-16)26-11-10-25-18)20(24)14-27-17-5-2-15(13-22)3-6-17/h2-7,12H,1,9-11,14H2. The minimum absolute atomic E-state index is 0.189. The largest absolute Gasteiger partial charge is 0.486 e. The molecule has 0 radical (unpaired) electrons. The van der Waals surface area contributed by atoms with Gasteiger partial charge in [-0.3, -0.25) is 4.79 Å². The lowest BCUT2D eigenvalue weighted by Crippen LogP contribution is -2.35. The molecule has 7 heteroatoms. The Hall–Kier alpha value is -3.71. The molecule has 0 aromatic heterocycles. The maximum Gasteiger partial charge on any atom is 0.264 e. The fourth-order valence-corrected chi connectivity index (χ4v) is 2.61. The Labute approximate surface area is 156 Å². The van der Waals surface area contributed by atoms with Crippen LogP contribution in [0, 0.1) is 22.7 Å². The van der Waals surface area contributed by atoms with Crippen LogP contribution in [0.4, 0.5) is 5.69 Å². The number of anilines is 1. The van der Waals surface area contributed by atoms with Gasteiger partial charge in [0, 0.05) is 18.3 Å². The Morgan fingerprint density at radius 2 is 1.81 bits per heavy atom. The second-order valence-corrected chi connectivity index (χ2v) is 5.71. The van der Waals surface area contributed by atoms with E-state index in [1.165, 1.54) is 4.90 Å². The fraction of sp³-hybridized carbons (Fsp3) is 0.250. The van der Waals surface area contributed by atoms with Crippen LogP contribution in [-0.4, -0.2) is 32.3 Å². The Kier molecular flexibility index (Phi) is 5.76. The Morgan fingerprint density at radius 1 is 1.07 bits per heavy atom. The van der Waals surface area contributed by atoms with Crippen molar-refractivity contribution in [2.24, 2.45) is 0 Å². The molecule has 0 saturated carbocycles. The normalized spacial score (nSPS) is 11.8. The van der Waals surface area contributed by atoms with Gasteiger partial charge in [-0.05, 0) is 36.4 Å². The SMILES string of the molecule is N#CCCN(C(=O)COc1ccc(C#N)cc1)c1ccc2c(c1)OCCO2.